The lowest BCUT2D eigenvalue weighted by molar-refractivity contribution is -0.121. The maximum absolute atomic E-state index is 13.0. The lowest BCUT2D eigenvalue weighted by atomic mass is 10.0. The molecule has 1 saturated heterocycles. The number of nitrogens with zero attached hydrogens (tertiary/aromatic N) is 2. The summed E-state index contributed by atoms with van der Waals surface area (Å²) < 4.78 is 27.3. The fourth-order valence-electron chi connectivity index (χ4n) is 3.73. The SMILES string of the molecule is C[C@H](C(=O)Nc1ccccc1-c1ccccc1)N1CCN(S(=O)(=O)c2cccs2)CC1. The molecule has 0 radical (unpaired) electrons. The van der Waals surface area contributed by atoms with E-state index in [1.165, 1.54) is 15.6 Å². The molecular weight excluding hydrogens is 430 g/mol. The smallest absolute Gasteiger partial charge is 0.252 e. The number of hydrogen-bond donors (Lipinski definition) is 1. The van der Waals surface area contributed by atoms with Gasteiger partial charge in [-0.1, -0.05) is 54.6 Å². The largest absolute Gasteiger partial charge is 0.324 e. The minimum absolute atomic E-state index is 0.0991. The average molecular weight is 456 g/mol. The zero-order valence-electron chi connectivity index (χ0n) is 17.3. The van der Waals surface area contributed by atoms with E-state index in [9.17, 15) is 13.2 Å². The van der Waals surface area contributed by atoms with Gasteiger partial charge >= 0.3 is 0 Å². The van der Waals surface area contributed by atoms with E-state index >= 15 is 0 Å². The van der Waals surface area contributed by atoms with Gasteiger partial charge in [-0.3, -0.25) is 9.69 Å². The summed E-state index contributed by atoms with van der Waals surface area (Å²) in [4.78, 5) is 15.0. The van der Waals surface area contributed by atoms with Crippen LogP contribution in [0.2, 0.25) is 0 Å². The molecule has 0 spiro atoms. The number of carbonyl (C=O) groups is 1. The normalized spacial score (nSPS) is 16.7. The highest BCUT2D eigenvalue weighted by molar-refractivity contribution is 7.91. The van der Waals surface area contributed by atoms with Crippen LogP contribution in [-0.2, 0) is 14.8 Å². The van der Waals surface area contributed by atoms with Gasteiger partial charge in [0.25, 0.3) is 10.0 Å². The first kappa shape index (κ1) is 21.7. The van der Waals surface area contributed by atoms with Gasteiger partial charge in [-0.05, 0) is 30.0 Å². The van der Waals surface area contributed by atoms with Crippen molar-refractivity contribution in [2.75, 3.05) is 31.5 Å². The molecule has 0 aliphatic carbocycles. The molecule has 2 aromatic carbocycles. The van der Waals surface area contributed by atoms with E-state index in [4.69, 9.17) is 0 Å². The fourth-order valence-corrected chi connectivity index (χ4v) is 6.30. The zero-order chi connectivity index (χ0) is 21.8. The van der Waals surface area contributed by atoms with E-state index < -0.39 is 10.0 Å². The molecule has 1 atom stereocenters. The first-order chi connectivity index (χ1) is 15.0. The van der Waals surface area contributed by atoms with Gasteiger partial charge in [0.15, 0.2) is 0 Å². The van der Waals surface area contributed by atoms with Crippen LogP contribution < -0.4 is 5.32 Å². The molecule has 31 heavy (non-hydrogen) atoms. The molecule has 1 amide bonds. The fraction of sp³-hybridized carbons (Fsp3) is 0.261. The van der Waals surface area contributed by atoms with Crippen molar-refractivity contribution in [1.29, 1.82) is 0 Å². The molecule has 1 aliphatic rings. The summed E-state index contributed by atoms with van der Waals surface area (Å²) in [6, 6.07) is 20.7. The second kappa shape index (κ2) is 9.32. The molecule has 1 fully saturated rings. The van der Waals surface area contributed by atoms with Crippen molar-refractivity contribution in [3.05, 3.63) is 72.1 Å². The minimum atomic E-state index is -3.45. The second-order valence-corrected chi connectivity index (χ2v) is 10.6. The Kier molecular flexibility index (Phi) is 6.52. The van der Waals surface area contributed by atoms with E-state index in [2.05, 4.69) is 5.32 Å². The zero-order valence-corrected chi connectivity index (χ0v) is 18.9. The Morgan fingerprint density at radius 2 is 1.61 bits per heavy atom. The van der Waals surface area contributed by atoms with Crippen LogP contribution in [0, 0.1) is 0 Å². The number of amides is 1. The van der Waals surface area contributed by atoms with Crippen molar-refractivity contribution in [3.8, 4) is 11.1 Å². The molecule has 3 aromatic rings. The van der Waals surface area contributed by atoms with Crippen LogP contribution in [0.4, 0.5) is 5.69 Å². The summed E-state index contributed by atoms with van der Waals surface area (Å²) in [6.07, 6.45) is 0. The molecule has 0 bridgehead atoms. The molecule has 6 nitrogen and oxygen atoms in total. The van der Waals surface area contributed by atoms with Crippen LogP contribution in [0.15, 0.2) is 76.3 Å². The molecule has 8 heteroatoms. The Morgan fingerprint density at radius 3 is 2.29 bits per heavy atom. The molecule has 1 aliphatic heterocycles. The van der Waals surface area contributed by atoms with Gasteiger partial charge in [0.1, 0.15) is 4.21 Å². The van der Waals surface area contributed by atoms with Crippen LogP contribution in [0.25, 0.3) is 11.1 Å². The molecule has 0 unspecified atom stereocenters. The van der Waals surface area contributed by atoms with Crippen molar-refractivity contribution in [1.82, 2.24) is 9.21 Å². The predicted octanol–water partition coefficient (Wildman–Crippen LogP) is 3.75. The molecule has 162 valence electrons. The van der Waals surface area contributed by atoms with Crippen LogP contribution in [0.5, 0.6) is 0 Å². The van der Waals surface area contributed by atoms with Gasteiger partial charge in [-0.15, -0.1) is 11.3 Å². The van der Waals surface area contributed by atoms with Gasteiger partial charge in [-0.2, -0.15) is 4.31 Å². The first-order valence-corrected chi connectivity index (χ1v) is 12.5. The highest BCUT2D eigenvalue weighted by Crippen LogP contribution is 2.28. The van der Waals surface area contributed by atoms with Gasteiger partial charge in [-0.25, -0.2) is 8.42 Å². The van der Waals surface area contributed by atoms with Crippen molar-refractivity contribution in [2.45, 2.75) is 17.2 Å². The monoisotopic (exact) mass is 455 g/mol. The van der Waals surface area contributed by atoms with Crippen molar-refractivity contribution in [3.63, 3.8) is 0 Å². The Morgan fingerprint density at radius 1 is 0.935 bits per heavy atom. The van der Waals surface area contributed by atoms with Gasteiger partial charge in [0.2, 0.25) is 5.91 Å². The number of hydrogen-bond acceptors (Lipinski definition) is 5. The summed E-state index contributed by atoms with van der Waals surface area (Å²) in [6.45, 7) is 3.64. The van der Waals surface area contributed by atoms with Crippen molar-refractivity contribution in [2.24, 2.45) is 0 Å². The summed E-state index contributed by atoms with van der Waals surface area (Å²) in [5.74, 6) is -0.0991. The van der Waals surface area contributed by atoms with Crippen molar-refractivity contribution < 1.29 is 13.2 Å². The van der Waals surface area contributed by atoms with E-state index in [0.29, 0.717) is 30.4 Å². The third-order valence-corrected chi connectivity index (χ3v) is 8.83. The predicted molar refractivity (Wildman–Crippen MR) is 125 cm³/mol. The summed E-state index contributed by atoms with van der Waals surface area (Å²) >= 11 is 1.23. The van der Waals surface area contributed by atoms with Crippen molar-refractivity contribution >= 4 is 33.0 Å². The number of nitrogens with one attached hydrogen (secondary N) is 1. The van der Waals surface area contributed by atoms with Crippen LogP contribution in [0.1, 0.15) is 6.92 Å². The standard InChI is InChI=1S/C23H25N3O3S2/c1-18(25-13-15-26(16-14-25)31(28,29)22-12-7-17-30-22)23(27)24-21-11-6-5-10-20(21)19-8-3-2-4-9-19/h2-12,17-18H,13-16H2,1H3,(H,24,27)/t18-/m1/s1. The molecule has 1 aromatic heterocycles. The summed E-state index contributed by atoms with van der Waals surface area (Å²) in [5, 5.41) is 4.83. The van der Waals surface area contributed by atoms with Crippen LogP contribution in [-0.4, -0.2) is 55.8 Å². The molecule has 4 rings (SSSR count). The Balaban J connectivity index is 1.40. The van der Waals surface area contributed by atoms with E-state index in [0.717, 1.165) is 16.8 Å². The highest BCUT2D eigenvalue weighted by Gasteiger charge is 2.32. The number of benzene rings is 2. The lowest BCUT2D eigenvalue weighted by Gasteiger charge is -2.36. The van der Waals surface area contributed by atoms with Crippen LogP contribution in [0.3, 0.4) is 0 Å². The number of piperazine rings is 1. The van der Waals surface area contributed by atoms with Crippen LogP contribution >= 0.6 is 11.3 Å². The quantitative estimate of drug-likeness (QED) is 0.615. The van der Waals surface area contributed by atoms with E-state index in [1.807, 2.05) is 66.4 Å². The maximum atomic E-state index is 13.0. The Bertz CT molecular complexity index is 1120. The Hall–Kier alpha value is -2.52. The molecule has 0 saturated carbocycles. The molecule has 2 heterocycles. The minimum Gasteiger partial charge on any atom is -0.324 e. The third-order valence-electron chi connectivity index (χ3n) is 5.56. The topological polar surface area (TPSA) is 69.7 Å². The third kappa shape index (κ3) is 4.72. The summed E-state index contributed by atoms with van der Waals surface area (Å²) in [5.41, 5.74) is 2.78. The number of rotatable bonds is 6. The van der Waals surface area contributed by atoms with E-state index in [-0.39, 0.29) is 11.9 Å². The first-order valence-electron chi connectivity index (χ1n) is 10.2. The average Bonchev–Trinajstić information content (AvgIpc) is 3.36. The molecule has 1 N–H and O–H groups in total. The summed E-state index contributed by atoms with van der Waals surface area (Å²) in [7, 11) is -3.45. The van der Waals surface area contributed by atoms with Gasteiger partial charge < -0.3 is 5.32 Å². The highest BCUT2D eigenvalue weighted by atomic mass is 32.2. The molecular formula is C23H25N3O3S2. The van der Waals surface area contributed by atoms with Gasteiger partial charge in [0.05, 0.1) is 6.04 Å². The van der Waals surface area contributed by atoms with Gasteiger partial charge in [0, 0.05) is 37.4 Å². The number of thiophene rings is 1. The number of anilines is 1. The Labute approximate surface area is 187 Å². The number of para-hydroxylation sites is 1. The number of sulfonamides is 1. The lowest BCUT2D eigenvalue weighted by Crippen LogP contribution is -2.53. The maximum Gasteiger partial charge on any atom is 0.252 e. The second-order valence-electron chi connectivity index (χ2n) is 7.45. The number of carbonyl (C=O) groups excluding carboxylic acids is 1. The van der Waals surface area contributed by atoms with E-state index in [1.54, 1.807) is 17.5 Å².